The molecule has 132 valence electrons. The predicted molar refractivity (Wildman–Crippen MR) is 111 cm³/mol. The van der Waals surface area contributed by atoms with Crippen molar-refractivity contribution in [3.05, 3.63) is 23.9 Å². The van der Waals surface area contributed by atoms with E-state index in [1.807, 2.05) is 6.20 Å². The van der Waals surface area contributed by atoms with Gasteiger partial charge in [-0.15, -0.1) is 24.0 Å². The van der Waals surface area contributed by atoms with Crippen molar-refractivity contribution in [1.29, 1.82) is 0 Å². The van der Waals surface area contributed by atoms with Crippen molar-refractivity contribution in [3.8, 4) is 0 Å². The minimum absolute atomic E-state index is 0. The second-order valence-corrected chi connectivity index (χ2v) is 6.27. The number of hydrogen-bond acceptors (Lipinski definition) is 3. The second-order valence-electron chi connectivity index (χ2n) is 6.27. The molecule has 0 aliphatic heterocycles. The molecule has 0 aliphatic carbocycles. The maximum Gasteiger partial charge on any atom is 0.191 e. The minimum atomic E-state index is -0.00807. The number of hydrogen-bond donors (Lipinski definition) is 2. The Morgan fingerprint density at radius 3 is 2.26 bits per heavy atom. The molecule has 0 saturated carbocycles. The van der Waals surface area contributed by atoms with E-state index in [-0.39, 0.29) is 29.5 Å². The van der Waals surface area contributed by atoms with Crippen LogP contribution in [0.2, 0.25) is 0 Å². The second kappa shape index (κ2) is 10.7. The molecule has 0 spiro atoms. The van der Waals surface area contributed by atoms with E-state index in [4.69, 9.17) is 0 Å². The Kier molecular flexibility index (Phi) is 10.2. The molecule has 1 heterocycles. The van der Waals surface area contributed by atoms with Gasteiger partial charge in [0.1, 0.15) is 5.82 Å². The maximum absolute atomic E-state index is 4.62. The Labute approximate surface area is 158 Å². The first-order chi connectivity index (χ1) is 10.4. The van der Waals surface area contributed by atoms with Gasteiger partial charge in [0.15, 0.2) is 5.96 Å². The molecule has 5 nitrogen and oxygen atoms in total. The Bertz CT molecular complexity index is 461. The van der Waals surface area contributed by atoms with Crippen LogP contribution in [0.25, 0.3) is 0 Å². The maximum atomic E-state index is 4.62. The van der Waals surface area contributed by atoms with Gasteiger partial charge in [-0.25, -0.2) is 9.98 Å². The third-order valence-electron chi connectivity index (χ3n) is 3.15. The molecule has 0 saturated heterocycles. The van der Waals surface area contributed by atoms with Crippen LogP contribution in [0, 0.1) is 0 Å². The summed E-state index contributed by atoms with van der Waals surface area (Å²) in [6.45, 7) is 16.1. The number of pyridine rings is 1. The molecule has 2 N–H and O–H groups in total. The summed E-state index contributed by atoms with van der Waals surface area (Å²) in [7, 11) is 0. The fourth-order valence-corrected chi connectivity index (χ4v) is 2.08. The first-order valence-corrected chi connectivity index (χ1v) is 8.16. The van der Waals surface area contributed by atoms with Crippen molar-refractivity contribution in [1.82, 2.24) is 15.6 Å². The quantitative estimate of drug-likeness (QED) is 0.410. The standard InChI is InChI=1S/C17H31N5.HI/c1-7-18-16(21-17(4,5)6)20-13-14-10-11-15(19-12-14)22(8-2)9-3;/h10-12H,7-9,13H2,1-6H3,(H2,18,20,21);1H. The summed E-state index contributed by atoms with van der Waals surface area (Å²) in [6.07, 6.45) is 1.91. The molecule has 0 amide bonds. The van der Waals surface area contributed by atoms with E-state index in [1.54, 1.807) is 0 Å². The van der Waals surface area contributed by atoms with E-state index in [0.717, 1.165) is 37.0 Å². The van der Waals surface area contributed by atoms with Gasteiger partial charge >= 0.3 is 0 Å². The molecule has 1 aromatic rings. The number of guanidine groups is 1. The SMILES string of the molecule is CCNC(=NCc1ccc(N(CC)CC)nc1)NC(C)(C)C.I. The van der Waals surface area contributed by atoms with Crippen molar-refractivity contribution in [2.45, 2.75) is 53.6 Å². The van der Waals surface area contributed by atoms with Gasteiger partial charge in [0.2, 0.25) is 0 Å². The number of aromatic nitrogens is 1. The first-order valence-electron chi connectivity index (χ1n) is 8.16. The topological polar surface area (TPSA) is 52.6 Å². The Morgan fingerprint density at radius 1 is 1.17 bits per heavy atom. The number of aliphatic imine (C=N–C) groups is 1. The lowest BCUT2D eigenvalue weighted by molar-refractivity contribution is 0.501. The third-order valence-corrected chi connectivity index (χ3v) is 3.15. The van der Waals surface area contributed by atoms with Crippen molar-refractivity contribution in [3.63, 3.8) is 0 Å². The zero-order chi connectivity index (χ0) is 16.6. The van der Waals surface area contributed by atoms with Crippen LogP contribution in [0.15, 0.2) is 23.3 Å². The molecule has 1 aromatic heterocycles. The molecule has 0 aliphatic rings. The van der Waals surface area contributed by atoms with Gasteiger partial charge in [0, 0.05) is 31.4 Å². The zero-order valence-electron chi connectivity index (χ0n) is 15.3. The molecular formula is C17H32IN5. The van der Waals surface area contributed by atoms with E-state index in [2.05, 4.69) is 79.2 Å². The summed E-state index contributed by atoms with van der Waals surface area (Å²) in [5.74, 6) is 1.86. The van der Waals surface area contributed by atoms with Gasteiger partial charge in [0.05, 0.1) is 6.54 Å². The molecular weight excluding hydrogens is 401 g/mol. The average molecular weight is 433 g/mol. The summed E-state index contributed by atoms with van der Waals surface area (Å²) < 4.78 is 0. The zero-order valence-corrected chi connectivity index (χ0v) is 17.6. The van der Waals surface area contributed by atoms with Crippen molar-refractivity contribution < 1.29 is 0 Å². The van der Waals surface area contributed by atoms with Crippen LogP contribution in [-0.4, -0.2) is 36.1 Å². The monoisotopic (exact) mass is 433 g/mol. The highest BCUT2D eigenvalue weighted by molar-refractivity contribution is 14.0. The van der Waals surface area contributed by atoms with Crippen LogP contribution in [0.3, 0.4) is 0 Å². The van der Waals surface area contributed by atoms with Crippen LogP contribution in [0.5, 0.6) is 0 Å². The largest absolute Gasteiger partial charge is 0.357 e. The molecule has 0 unspecified atom stereocenters. The van der Waals surface area contributed by atoms with Crippen molar-refractivity contribution >= 4 is 35.8 Å². The molecule has 0 aromatic carbocycles. The number of rotatable bonds is 6. The molecule has 23 heavy (non-hydrogen) atoms. The van der Waals surface area contributed by atoms with Gasteiger partial charge in [-0.2, -0.15) is 0 Å². The highest BCUT2D eigenvalue weighted by atomic mass is 127. The lowest BCUT2D eigenvalue weighted by atomic mass is 10.1. The van der Waals surface area contributed by atoms with E-state index >= 15 is 0 Å². The van der Waals surface area contributed by atoms with Gasteiger partial charge in [-0.1, -0.05) is 6.07 Å². The summed E-state index contributed by atoms with van der Waals surface area (Å²) in [4.78, 5) is 11.4. The number of nitrogens with zero attached hydrogens (tertiary/aromatic N) is 3. The van der Waals surface area contributed by atoms with E-state index in [9.17, 15) is 0 Å². The van der Waals surface area contributed by atoms with Crippen LogP contribution in [0.1, 0.15) is 47.1 Å². The Hall–Kier alpha value is -1.05. The Balaban J connectivity index is 0.00000484. The van der Waals surface area contributed by atoms with Crippen LogP contribution in [-0.2, 0) is 6.54 Å². The molecule has 0 radical (unpaired) electrons. The van der Waals surface area contributed by atoms with Gasteiger partial charge in [-0.05, 0) is 53.2 Å². The van der Waals surface area contributed by atoms with Crippen LogP contribution < -0.4 is 15.5 Å². The predicted octanol–water partition coefficient (Wildman–Crippen LogP) is 3.40. The van der Waals surface area contributed by atoms with Gasteiger partial charge in [-0.3, -0.25) is 0 Å². The number of halogens is 1. The van der Waals surface area contributed by atoms with Crippen molar-refractivity contribution in [2.24, 2.45) is 4.99 Å². The fourth-order valence-electron chi connectivity index (χ4n) is 2.08. The summed E-state index contributed by atoms with van der Waals surface area (Å²) in [5.41, 5.74) is 1.10. The van der Waals surface area contributed by atoms with Gasteiger partial charge < -0.3 is 15.5 Å². The summed E-state index contributed by atoms with van der Waals surface area (Å²) >= 11 is 0. The molecule has 1 rings (SSSR count). The van der Waals surface area contributed by atoms with E-state index < -0.39 is 0 Å². The van der Waals surface area contributed by atoms with Crippen molar-refractivity contribution in [2.75, 3.05) is 24.5 Å². The number of nitrogens with one attached hydrogen (secondary N) is 2. The molecule has 0 atom stereocenters. The lowest BCUT2D eigenvalue weighted by Crippen LogP contribution is -2.47. The highest BCUT2D eigenvalue weighted by Gasteiger charge is 2.11. The minimum Gasteiger partial charge on any atom is -0.357 e. The molecule has 0 bridgehead atoms. The van der Waals surface area contributed by atoms with Gasteiger partial charge in [0.25, 0.3) is 0 Å². The highest BCUT2D eigenvalue weighted by Crippen LogP contribution is 2.11. The first kappa shape index (κ1) is 21.9. The number of anilines is 1. The smallest absolute Gasteiger partial charge is 0.191 e. The molecule has 6 heteroatoms. The summed E-state index contributed by atoms with van der Waals surface area (Å²) in [6, 6.07) is 4.17. The van der Waals surface area contributed by atoms with E-state index in [0.29, 0.717) is 6.54 Å². The Morgan fingerprint density at radius 2 is 1.83 bits per heavy atom. The fraction of sp³-hybridized carbons (Fsp3) is 0.647. The van der Waals surface area contributed by atoms with Crippen LogP contribution in [0.4, 0.5) is 5.82 Å². The van der Waals surface area contributed by atoms with E-state index in [1.165, 1.54) is 0 Å². The van der Waals surface area contributed by atoms with Crippen LogP contribution >= 0.6 is 24.0 Å². The third kappa shape index (κ3) is 8.39. The molecule has 0 fully saturated rings. The average Bonchev–Trinajstić information content (AvgIpc) is 2.46. The summed E-state index contributed by atoms with van der Waals surface area (Å²) in [5, 5.41) is 6.65. The normalized spacial score (nSPS) is 11.7. The lowest BCUT2D eigenvalue weighted by Gasteiger charge is -2.23.